The topological polar surface area (TPSA) is 50.4 Å². The Bertz CT molecular complexity index is 238. The average Bonchev–Trinajstić information content (AvgIpc) is 2.84. The van der Waals surface area contributed by atoms with Crippen molar-refractivity contribution in [3.05, 3.63) is 0 Å². The lowest BCUT2D eigenvalue weighted by Crippen LogP contribution is -2.37. The highest BCUT2D eigenvalue weighted by Gasteiger charge is 2.33. The highest BCUT2D eigenvalue weighted by molar-refractivity contribution is 5.76. The molecule has 0 aliphatic heterocycles. The number of hydrogen-bond donors (Lipinski definition) is 2. The van der Waals surface area contributed by atoms with Gasteiger partial charge in [0.15, 0.2) is 0 Å². The van der Waals surface area contributed by atoms with E-state index in [9.17, 15) is 4.79 Å². The Morgan fingerprint density at radius 1 is 1.33 bits per heavy atom. The first-order valence-corrected chi connectivity index (χ1v) is 7.21. The molecule has 0 spiro atoms. The third-order valence-electron chi connectivity index (χ3n) is 3.91. The molecule has 2 N–H and O–H groups in total. The van der Waals surface area contributed by atoms with Crippen molar-refractivity contribution in [3.8, 4) is 0 Å². The number of carbonyl (C=O) groups is 1. The molecule has 1 aliphatic carbocycles. The van der Waals surface area contributed by atoms with Crippen LogP contribution in [0.2, 0.25) is 0 Å². The van der Waals surface area contributed by atoms with Gasteiger partial charge in [-0.3, -0.25) is 4.79 Å². The van der Waals surface area contributed by atoms with E-state index in [0.29, 0.717) is 11.8 Å². The zero-order valence-electron chi connectivity index (χ0n) is 11.9. The summed E-state index contributed by atoms with van der Waals surface area (Å²) in [5, 5.41) is 6.09. The molecule has 0 radical (unpaired) electrons. The highest BCUT2D eigenvalue weighted by atomic mass is 16.5. The lowest BCUT2D eigenvalue weighted by Gasteiger charge is -2.29. The molecule has 0 unspecified atom stereocenters. The Hall–Kier alpha value is -0.610. The van der Waals surface area contributed by atoms with Crippen LogP contribution in [0.1, 0.15) is 45.4 Å². The zero-order chi connectivity index (χ0) is 13.3. The molecule has 1 rings (SSSR count). The van der Waals surface area contributed by atoms with Crippen LogP contribution in [0.3, 0.4) is 0 Å². The molecule has 4 heteroatoms. The van der Waals surface area contributed by atoms with Gasteiger partial charge in [-0.25, -0.2) is 0 Å². The van der Waals surface area contributed by atoms with E-state index in [1.54, 1.807) is 0 Å². The van der Waals surface area contributed by atoms with E-state index in [4.69, 9.17) is 4.74 Å². The second-order valence-electron chi connectivity index (χ2n) is 5.28. The van der Waals surface area contributed by atoms with Crippen LogP contribution < -0.4 is 10.6 Å². The summed E-state index contributed by atoms with van der Waals surface area (Å²) in [6.45, 7) is 5.20. The zero-order valence-corrected chi connectivity index (χ0v) is 11.9. The quantitative estimate of drug-likeness (QED) is 0.617. The first-order chi connectivity index (χ1) is 8.72. The van der Waals surface area contributed by atoms with Gasteiger partial charge in [-0.1, -0.05) is 12.8 Å². The minimum atomic E-state index is 0.159. The molecule has 1 saturated carbocycles. The lowest BCUT2D eigenvalue weighted by atomic mass is 9.83. The van der Waals surface area contributed by atoms with Gasteiger partial charge >= 0.3 is 0 Å². The fourth-order valence-electron chi connectivity index (χ4n) is 2.69. The number of ether oxygens (including phenoxy) is 1. The van der Waals surface area contributed by atoms with Crippen molar-refractivity contribution < 1.29 is 9.53 Å². The predicted octanol–water partition coefficient (Wildman–Crippen LogP) is 1.70. The first kappa shape index (κ1) is 15.4. The standard InChI is InChI=1S/C14H28N2O2/c1-3-18-11-9-14(7-4-5-8-14)12-16-13(17)6-10-15-2/h15H,3-12H2,1-2H3,(H,16,17). The lowest BCUT2D eigenvalue weighted by molar-refractivity contribution is -0.121. The van der Waals surface area contributed by atoms with Crippen molar-refractivity contribution in [2.24, 2.45) is 5.41 Å². The van der Waals surface area contributed by atoms with Crippen LogP contribution in [0.15, 0.2) is 0 Å². The number of rotatable bonds is 9. The van der Waals surface area contributed by atoms with Gasteiger partial charge in [0, 0.05) is 32.7 Å². The molecule has 0 saturated heterocycles. The van der Waals surface area contributed by atoms with E-state index in [1.165, 1.54) is 25.7 Å². The second-order valence-corrected chi connectivity index (χ2v) is 5.28. The van der Waals surface area contributed by atoms with Crippen molar-refractivity contribution >= 4 is 5.91 Å². The number of amides is 1. The van der Waals surface area contributed by atoms with Gasteiger partial charge in [-0.2, -0.15) is 0 Å². The third-order valence-corrected chi connectivity index (χ3v) is 3.91. The molecule has 18 heavy (non-hydrogen) atoms. The molecule has 4 nitrogen and oxygen atoms in total. The monoisotopic (exact) mass is 256 g/mol. The summed E-state index contributed by atoms with van der Waals surface area (Å²) < 4.78 is 5.47. The highest BCUT2D eigenvalue weighted by Crippen LogP contribution is 2.40. The normalized spacial score (nSPS) is 17.9. The van der Waals surface area contributed by atoms with Crippen LogP contribution in [-0.4, -0.2) is 39.3 Å². The molecule has 0 aromatic rings. The summed E-state index contributed by atoms with van der Waals surface area (Å²) in [5.74, 6) is 0.159. The fourth-order valence-corrected chi connectivity index (χ4v) is 2.69. The number of carbonyl (C=O) groups excluding carboxylic acids is 1. The Kier molecular flexibility index (Phi) is 7.28. The summed E-state index contributed by atoms with van der Waals surface area (Å²) in [7, 11) is 1.87. The molecule has 1 aliphatic rings. The molecule has 0 aromatic heterocycles. The van der Waals surface area contributed by atoms with E-state index < -0.39 is 0 Å². The Balaban J connectivity index is 2.30. The largest absolute Gasteiger partial charge is 0.382 e. The molecule has 0 aromatic carbocycles. The first-order valence-electron chi connectivity index (χ1n) is 7.21. The molecular weight excluding hydrogens is 228 g/mol. The van der Waals surface area contributed by atoms with E-state index in [2.05, 4.69) is 10.6 Å². The van der Waals surface area contributed by atoms with Gasteiger partial charge in [0.2, 0.25) is 5.91 Å². The van der Waals surface area contributed by atoms with Crippen molar-refractivity contribution in [2.45, 2.75) is 45.4 Å². The second kappa shape index (κ2) is 8.48. The minimum absolute atomic E-state index is 0.159. The van der Waals surface area contributed by atoms with Crippen molar-refractivity contribution in [1.29, 1.82) is 0 Å². The van der Waals surface area contributed by atoms with Crippen molar-refractivity contribution in [1.82, 2.24) is 10.6 Å². The van der Waals surface area contributed by atoms with Gasteiger partial charge in [-0.15, -0.1) is 0 Å². The summed E-state index contributed by atoms with van der Waals surface area (Å²) >= 11 is 0. The molecule has 0 bridgehead atoms. The van der Waals surface area contributed by atoms with E-state index in [0.717, 1.165) is 32.7 Å². The molecule has 1 fully saturated rings. The Morgan fingerprint density at radius 2 is 2.06 bits per heavy atom. The maximum Gasteiger partial charge on any atom is 0.221 e. The van der Waals surface area contributed by atoms with Gasteiger partial charge in [0.05, 0.1) is 0 Å². The molecular formula is C14H28N2O2. The maximum atomic E-state index is 11.6. The average molecular weight is 256 g/mol. The number of nitrogens with one attached hydrogen (secondary N) is 2. The smallest absolute Gasteiger partial charge is 0.221 e. The maximum absolute atomic E-state index is 11.6. The third kappa shape index (κ3) is 5.36. The Labute approximate surface area is 111 Å². The fraction of sp³-hybridized carbons (Fsp3) is 0.929. The molecule has 0 heterocycles. The van der Waals surface area contributed by atoms with Crippen molar-refractivity contribution in [3.63, 3.8) is 0 Å². The van der Waals surface area contributed by atoms with Gasteiger partial charge in [0.1, 0.15) is 0 Å². The van der Waals surface area contributed by atoms with E-state index in [-0.39, 0.29) is 5.91 Å². The molecule has 0 atom stereocenters. The SMILES string of the molecule is CCOCCC1(CNC(=O)CCNC)CCCC1. The van der Waals surface area contributed by atoms with Crippen LogP contribution in [-0.2, 0) is 9.53 Å². The van der Waals surface area contributed by atoms with E-state index in [1.807, 2.05) is 14.0 Å². The summed E-state index contributed by atoms with van der Waals surface area (Å²) in [5.41, 5.74) is 0.296. The summed E-state index contributed by atoms with van der Waals surface area (Å²) in [6, 6.07) is 0. The molecule has 1 amide bonds. The Morgan fingerprint density at radius 3 is 2.67 bits per heavy atom. The van der Waals surface area contributed by atoms with Crippen LogP contribution in [0.25, 0.3) is 0 Å². The van der Waals surface area contributed by atoms with Gasteiger partial charge < -0.3 is 15.4 Å². The van der Waals surface area contributed by atoms with Crippen LogP contribution in [0, 0.1) is 5.41 Å². The van der Waals surface area contributed by atoms with Crippen molar-refractivity contribution in [2.75, 3.05) is 33.4 Å². The van der Waals surface area contributed by atoms with Crippen LogP contribution in [0.4, 0.5) is 0 Å². The summed E-state index contributed by atoms with van der Waals surface area (Å²) in [6.07, 6.45) is 6.68. The van der Waals surface area contributed by atoms with Gasteiger partial charge in [0.25, 0.3) is 0 Å². The number of hydrogen-bond acceptors (Lipinski definition) is 3. The van der Waals surface area contributed by atoms with E-state index >= 15 is 0 Å². The predicted molar refractivity (Wildman–Crippen MR) is 73.6 cm³/mol. The summed E-state index contributed by atoms with van der Waals surface area (Å²) in [4.78, 5) is 11.6. The minimum Gasteiger partial charge on any atom is -0.382 e. The molecule has 106 valence electrons. The van der Waals surface area contributed by atoms with Crippen LogP contribution >= 0.6 is 0 Å². The van der Waals surface area contributed by atoms with Gasteiger partial charge in [-0.05, 0) is 38.6 Å². The van der Waals surface area contributed by atoms with Crippen LogP contribution in [0.5, 0.6) is 0 Å².